The average molecular weight is 472 g/mol. The summed E-state index contributed by atoms with van der Waals surface area (Å²) in [6, 6.07) is 13.7. The third kappa shape index (κ3) is 5.00. The van der Waals surface area contributed by atoms with Gasteiger partial charge in [0.15, 0.2) is 0 Å². The Labute approximate surface area is 194 Å². The van der Waals surface area contributed by atoms with Crippen LogP contribution in [0, 0.1) is 0 Å². The zero-order valence-corrected chi connectivity index (χ0v) is 18.9. The molecule has 10 heteroatoms. The maximum absolute atomic E-state index is 13.0. The number of carbonyl (C=O) groups excluding carboxylic acids is 2. The molecule has 1 atom stereocenters. The number of aromatic nitrogens is 2. The van der Waals surface area contributed by atoms with Gasteiger partial charge in [0.1, 0.15) is 10.8 Å². The lowest BCUT2D eigenvalue weighted by Gasteiger charge is -2.23. The van der Waals surface area contributed by atoms with E-state index in [1.165, 1.54) is 11.3 Å². The van der Waals surface area contributed by atoms with Gasteiger partial charge in [-0.25, -0.2) is 4.79 Å². The Hall–Kier alpha value is -3.17. The van der Waals surface area contributed by atoms with Crippen molar-refractivity contribution in [3.8, 4) is 5.75 Å². The average Bonchev–Trinajstić information content (AvgIpc) is 3.45. The van der Waals surface area contributed by atoms with E-state index in [0.717, 1.165) is 12.8 Å². The number of anilines is 2. The van der Waals surface area contributed by atoms with E-state index >= 15 is 0 Å². The largest absolute Gasteiger partial charge is 0.492 e. The zero-order valence-electron chi connectivity index (χ0n) is 17.4. The SMILES string of the molecule is CCOc1ccccc1NC(=O)N1CCC[C@H]1c1nnc(C(=O)Nc2cccc(Cl)c2)s1. The lowest BCUT2D eigenvalue weighted by Crippen LogP contribution is -2.34. The highest BCUT2D eigenvalue weighted by Gasteiger charge is 2.33. The van der Waals surface area contributed by atoms with Crippen LogP contribution in [0.1, 0.15) is 40.6 Å². The van der Waals surface area contributed by atoms with Crippen molar-refractivity contribution >= 4 is 46.3 Å². The Kier molecular flexibility index (Phi) is 6.87. The number of benzene rings is 2. The summed E-state index contributed by atoms with van der Waals surface area (Å²) in [7, 11) is 0. The molecule has 1 aliphatic rings. The van der Waals surface area contributed by atoms with E-state index in [4.69, 9.17) is 16.3 Å². The van der Waals surface area contributed by atoms with Gasteiger partial charge in [0.2, 0.25) is 5.01 Å². The number of carbonyl (C=O) groups is 2. The summed E-state index contributed by atoms with van der Waals surface area (Å²) in [5.41, 5.74) is 1.19. The van der Waals surface area contributed by atoms with E-state index < -0.39 is 0 Å². The molecule has 1 saturated heterocycles. The van der Waals surface area contributed by atoms with Crippen molar-refractivity contribution in [2.45, 2.75) is 25.8 Å². The van der Waals surface area contributed by atoms with Crippen LogP contribution in [0.5, 0.6) is 5.75 Å². The summed E-state index contributed by atoms with van der Waals surface area (Å²) in [5, 5.41) is 15.3. The molecule has 3 amide bonds. The number of nitrogens with one attached hydrogen (secondary N) is 2. The van der Waals surface area contributed by atoms with E-state index in [2.05, 4.69) is 20.8 Å². The van der Waals surface area contributed by atoms with Crippen LogP contribution in [-0.2, 0) is 0 Å². The second-order valence-corrected chi connectivity index (χ2v) is 8.57. The van der Waals surface area contributed by atoms with Crippen LogP contribution < -0.4 is 15.4 Å². The lowest BCUT2D eigenvalue weighted by atomic mass is 10.2. The molecule has 2 aromatic carbocycles. The van der Waals surface area contributed by atoms with E-state index in [1.54, 1.807) is 35.2 Å². The van der Waals surface area contributed by atoms with Gasteiger partial charge < -0.3 is 20.3 Å². The molecule has 0 bridgehead atoms. The van der Waals surface area contributed by atoms with Gasteiger partial charge >= 0.3 is 6.03 Å². The highest BCUT2D eigenvalue weighted by molar-refractivity contribution is 7.13. The molecule has 0 saturated carbocycles. The van der Waals surface area contributed by atoms with Crippen molar-refractivity contribution in [3.05, 3.63) is 63.6 Å². The monoisotopic (exact) mass is 471 g/mol. The fraction of sp³-hybridized carbons (Fsp3) is 0.273. The Morgan fingerprint density at radius 3 is 2.84 bits per heavy atom. The van der Waals surface area contributed by atoms with Gasteiger partial charge in [0.05, 0.1) is 18.3 Å². The molecular weight excluding hydrogens is 450 g/mol. The van der Waals surface area contributed by atoms with Crippen LogP contribution in [0.2, 0.25) is 5.02 Å². The molecule has 0 unspecified atom stereocenters. The first-order chi connectivity index (χ1) is 15.5. The van der Waals surface area contributed by atoms with Gasteiger partial charge in [0.25, 0.3) is 5.91 Å². The smallest absolute Gasteiger partial charge is 0.322 e. The minimum absolute atomic E-state index is 0.230. The van der Waals surface area contributed by atoms with Crippen LogP contribution >= 0.6 is 22.9 Å². The molecule has 0 aliphatic carbocycles. The van der Waals surface area contributed by atoms with E-state index in [0.29, 0.717) is 40.3 Å². The predicted molar refractivity (Wildman–Crippen MR) is 125 cm³/mol. The quantitative estimate of drug-likeness (QED) is 0.514. The number of nitrogens with zero attached hydrogens (tertiary/aromatic N) is 3. The molecule has 166 valence electrons. The van der Waals surface area contributed by atoms with Gasteiger partial charge in [0, 0.05) is 17.3 Å². The van der Waals surface area contributed by atoms with Crippen molar-refractivity contribution in [2.24, 2.45) is 0 Å². The number of urea groups is 1. The number of rotatable bonds is 6. The Bertz CT molecular complexity index is 1120. The summed E-state index contributed by atoms with van der Waals surface area (Å²) in [6.07, 6.45) is 1.60. The summed E-state index contributed by atoms with van der Waals surface area (Å²) in [4.78, 5) is 27.3. The second kappa shape index (κ2) is 9.97. The van der Waals surface area contributed by atoms with Crippen molar-refractivity contribution < 1.29 is 14.3 Å². The number of amides is 3. The molecule has 4 rings (SSSR count). The number of para-hydroxylation sites is 2. The molecule has 8 nitrogen and oxygen atoms in total. The topological polar surface area (TPSA) is 96.4 Å². The van der Waals surface area contributed by atoms with Crippen LogP contribution in [0.15, 0.2) is 48.5 Å². The number of halogens is 1. The number of hydrogen-bond acceptors (Lipinski definition) is 6. The molecule has 0 spiro atoms. The fourth-order valence-electron chi connectivity index (χ4n) is 3.52. The van der Waals surface area contributed by atoms with Crippen LogP contribution in [0.4, 0.5) is 16.2 Å². The minimum Gasteiger partial charge on any atom is -0.492 e. The highest BCUT2D eigenvalue weighted by atomic mass is 35.5. The summed E-state index contributed by atoms with van der Waals surface area (Å²) in [6.45, 7) is 2.99. The number of ether oxygens (including phenoxy) is 1. The first kappa shape index (κ1) is 22.0. The molecule has 1 fully saturated rings. The maximum atomic E-state index is 13.0. The van der Waals surface area contributed by atoms with Gasteiger partial charge in [-0.15, -0.1) is 10.2 Å². The maximum Gasteiger partial charge on any atom is 0.322 e. The van der Waals surface area contributed by atoms with E-state index in [1.807, 2.05) is 25.1 Å². The molecule has 32 heavy (non-hydrogen) atoms. The zero-order chi connectivity index (χ0) is 22.5. The first-order valence-corrected chi connectivity index (χ1v) is 11.4. The standard InChI is InChI=1S/C22H22ClN5O3S/c1-2-31-18-11-4-3-9-16(18)25-22(30)28-12-6-10-17(28)20-26-27-21(32-20)19(29)24-15-8-5-7-14(23)13-15/h3-5,7-9,11,13,17H,2,6,10,12H2,1H3,(H,24,29)(H,25,30)/t17-/m0/s1. The van der Waals surface area contributed by atoms with Gasteiger partial charge in [-0.3, -0.25) is 4.79 Å². The third-order valence-corrected chi connectivity index (χ3v) is 6.20. The highest BCUT2D eigenvalue weighted by Crippen LogP contribution is 2.35. The van der Waals surface area contributed by atoms with Crippen molar-refractivity contribution in [1.29, 1.82) is 0 Å². The number of likely N-dealkylation sites (tertiary alicyclic amines) is 1. The summed E-state index contributed by atoms with van der Waals surface area (Å²) in [5.74, 6) is 0.255. The Morgan fingerprint density at radius 2 is 2.03 bits per heavy atom. The molecule has 1 aromatic heterocycles. The van der Waals surface area contributed by atoms with E-state index in [9.17, 15) is 9.59 Å². The van der Waals surface area contributed by atoms with Crippen molar-refractivity contribution in [3.63, 3.8) is 0 Å². The Morgan fingerprint density at radius 1 is 1.19 bits per heavy atom. The lowest BCUT2D eigenvalue weighted by molar-refractivity contribution is 0.102. The fourth-order valence-corrected chi connectivity index (χ4v) is 4.59. The van der Waals surface area contributed by atoms with Gasteiger partial charge in [-0.2, -0.15) is 0 Å². The summed E-state index contributed by atoms with van der Waals surface area (Å²) < 4.78 is 5.59. The normalized spacial score (nSPS) is 15.4. The van der Waals surface area contributed by atoms with Gasteiger partial charge in [-0.05, 0) is 50.1 Å². The molecular formula is C22H22ClN5O3S. The third-order valence-electron chi connectivity index (χ3n) is 4.94. The van der Waals surface area contributed by atoms with Crippen LogP contribution in [-0.4, -0.2) is 40.2 Å². The first-order valence-electron chi connectivity index (χ1n) is 10.2. The molecule has 2 heterocycles. The van der Waals surface area contributed by atoms with Crippen molar-refractivity contribution in [2.75, 3.05) is 23.8 Å². The molecule has 0 radical (unpaired) electrons. The second-order valence-electron chi connectivity index (χ2n) is 7.12. The molecule has 2 N–H and O–H groups in total. The van der Waals surface area contributed by atoms with Crippen LogP contribution in [0.25, 0.3) is 0 Å². The van der Waals surface area contributed by atoms with E-state index in [-0.39, 0.29) is 23.0 Å². The molecule has 1 aliphatic heterocycles. The van der Waals surface area contributed by atoms with Gasteiger partial charge in [-0.1, -0.05) is 41.1 Å². The summed E-state index contributed by atoms with van der Waals surface area (Å²) >= 11 is 7.15. The molecule has 3 aromatic rings. The van der Waals surface area contributed by atoms with Crippen molar-refractivity contribution in [1.82, 2.24) is 15.1 Å². The van der Waals surface area contributed by atoms with Crippen LogP contribution in [0.3, 0.4) is 0 Å². The number of hydrogen-bond donors (Lipinski definition) is 2. The Balaban J connectivity index is 1.45. The minimum atomic E-state index is -0.365. The predicted octanol–water partition coefficient (Wildman–Crippen LogP) is 5.21.